The Balaban J connectivity index is 1.98. The third kappa shape index (κ3) is 1.92. The van der Waals surface area contributed by atoms with Crippen molar-refractivity contribution in [3.05, 3.63) is 0 Å². The smallest absolute Gasteiger partial charge is 0.0295 e. The van der Waals surface area contributed by atoms with E-state index in [9.17, 15) is 0 Å². The third-order valence-corrected chi connectivity index (χ3v) is 4.58. The second kappa shape index (κ2) is 3.63. The molecular weight excluding hydrogens is 156 g/mol. The molecule has 0 N–H and O–H groups in total. The molecule has 0 saturated heterocycles. The Morgan fingerprint density at radius 1 is 1.00 bits per heavy atom. The van der Waals surface area contributed by atoms with Crippen LogP contribution >= 0.6 is 0 Å². The summed E-state index contributed by atoms with van der Waals surface area (Å²) in [7, 11) is 0. The first kappa shape index (κ1) is 9.55. The maximum Gasteiger partial charge on any atom is -0.0295 e. The molecule has 13 heavy (non-hydrogen) atoms. The molecule has 1 atom stereocenters. The lowest BCUT2D eigenvalue weighted by molar-refractivity contribution is 0.0801. The third-order valence-electron chi connectivity index (χ3n) is 4.58. The molecule has 0 aromatic heterocycles. The average Bonchev–Trinajstić information content (AvgIpc) is 2.24. The van der Waals surface area contributed by atoms with Gasteiger partial charge in [0.25, 0.3) is 0 Å². The molecule has 2 saturated carbocycles. The van der Waals surface area contributed by atoms with Crippen LogP contribution in [0, 0.1) is 17.3 Å². The standard InChI is InChI=1S/C13H24/c1-11(2)12-6-3-4-7-13(10-12)8-5-9-13/h11-12H,3-10H2,1-2H3. The summed E-state index contributed by atoms with van der Waals surface area (Å²) in [6.07, 6.45) is 12.3. The fourth-order valence-corrected chi connectivity index (χ4v) is 3.37. The SMILES string of the molecule is CC(C)C1CCCCC2(CCC2)C1. The first-order valence-electron chi connectivity index (χ1n) is 6.22. The fraction of sp³-hybridized carbons (Fsp3) is 1.00. The molecule has 2 aliphatic carbocycles. The maximum atomic E-state index is 2.42. The summed E-state index contributed by atoms with van der Waals surface area (Å²) in [5.41, 5.74) is 0.839. The van der Waals surface area contributed by atoms with Gasteiger partial charge < -0.3 is 0 Å². The minimum absolute atomic E-state index is 0.839. The molecule has 0 amide bonds. The van der Waals surface area contributed by atoms with Gasteiger partial charge in [-0.05, 0) is 42.9 Å². The van der Waals surface area contributed by atoms with Gasteiger partial charge in [-0.3, -0.25) is 0 Å². The van der Waals surface area contributed by atoms with Crippen LogP contribution in [0.1, 0.15) is 65.2 Å². The van der Waals surface area contributed by atoms with Crippen molar-refractivity contribution in [3.63, 3.8) is 0 Å². The summed E-state index contributed by atoms with van der Waals surface area (Å²) < 4.78 is 0. The molecule has 0 bridgehead atoms. The van der Waals surface area contributed by atoms with E-state index in [1.807, 2.05) is 0 Å². The summed E-state index contributed by atoms with van der Waals surface area (Å²) in [6, 6.07) is 0. The van der Waals surface area contributed by atoms with Crippen LogP contribution in [0.5, 0.6) is 0 Å². The van der Waals surface area contributed by atoms with Gasteiger partial charge >= 0.3 is 0 Å². The number of hydrogen-bond acceptors (Lipinski definition) is 0. The molecule has 2 fully saturated rings. The van der Waals surface area contributed by atoms with Gasteiger partial charge in [-0.1, -0.05) is 39.5 Å². The van der Waals surface area contributed by atoms with E-state index in [-0.39, 0.29) is 0 Å². The normalized spacial score (nSPS) is 33.0. The van der Waals surface area contributed by atoms with E-state index in [1.165, 1.54) is 25.7 Å². The topological polar surface area (TPSA) is 0 Å². The van der Waals surface area contributed by atoms with E-state index >= 15 is 0 Å². The van der Waals surface area contributed by atoms with Gasteiger partial charge in [0.1, 0.15) is 0 Å². The zero-order valence-electron chi connectivity index (χ0n) is 9.31. The van der Waals surface area contributed by atoms with Crippen molar-refractivity contribution in [2.75, 3.05) is 0 Å². The van der Waals surface area contributed by atoms with Crippen LogP contribution in [0.15, 0.2) is 0 Å². The molecule has 0 aliphatic heterocycles. The highest BCUT2D eigenvalue weighted by Crippen LogP contribution is 2.52. The minimum atomic E-state index is 0.839. The van der Waals surface area contributed by atoms with Crippen LogP contribution < -0.4 is 0 Å². The molecule has 0 heteroatoms. The summed E-state index contributed by atoms with van der Waals surface area (Å²) >= 11 is 0. The van der Waals surface area contributed by atoms with Crippen LogP contribution in [-0.2, 0) is 0 Å². The van der Waals surface area contributed by atoms with Gasteiger partial charge in [0.05, 0.1) is 0 Å². The first-order chi connectivity index (χ1) is 6.22. The van der Waals surface area contributed by atoms with E-state index < -0.39 is 0 Å². The van der Waals surface area contributed by atoms with Gasteiger partial charge in [-0.2, -0.15) is 0 Å². The van der Waals surface area contributed by atoms with Crippen LogP contribution in [-0.4, -0.2) is 0 Å². The molecule has 0 heterocycles. The molecule has 0 nitrogen and oxygen atoms in total. The van der Waals surface area contributed by atoms with Crippen LogP contribution in [0.25, 0.3) is 0 Å². The number of hydrogen-bond donors (Lipinski definition) is 0. The molecule has 2 rings (SSSR count). The summed E-state index contributed by atoms with van der Waals surface area (Å²) in [4.78, 5) is 0. The summed E-state index contributed by atoms with van der Waals surface area (Å²) in [5.74, 6) is 1.97. The van der Waals surface area contributed by atoms with Crippen molar-refractivity contribution in [2.24, 2.45) is 17.3 Å². The largest absolute Gasteiger partial charge is 0.0625 e. The van der Waals surface area contributed by atoms with Gasteiger partial charge in [0.2, 0.25) is 0 Å². The molecular formula is C13H24. The molecule has 1 spiro atoms. The van der Waals surface area contributed by atoms with E-state index in [1.54, 1.807) is 25.7 Å². The Morgan fingerprint density at radius 2 is 1.69 bits per heavy atom. The summed E-state index contributed by atoms with van der Waals surface area (Å²) in [6.45, 7) is 4.84. The first-order valence-corrected chi connectivity index (χ1v) is 6.22. The van der Waals surface area contributed by atoms with Crippen molar-refractivity contribution < 1.29 is 0 Å². The molecule has 1 unspecified atom stereocenters. The molecule has 0 aromatic rings. The second-order valence-electron chi connectivity index (χ2n) is 5.81. The van der Waals surface area contributed by atoms with Gasteiger partial charge in [-0.25, -0.2) is 0 Å². The molecule has 0 aromatic carbocycles. The second-order valence-corrected chi connectivity index (χ2v) is 5.81. The van der Waals surface area contributed by atoms with Gasteiger partial charge in [-0.15, -0.1) is 0 Å². The van der Waals surface area contributed by atoms with Crippen molar-refractivity contribution in [1.82, 2.24) is 0 Å². The van der Waals surface area contributed by atoms with Crippen LogP contribution in [0.4, 0.5) is 0 Å². The average molecular weight is 180 g/mol. The Bertz CT molecular complexity index is 165. The van der Waals surface area contributed by atoms with Crippen molar-refractivity contribution in [1.29, 1.82) is 0 Å². The molecule has 76 valence electrons. The highest BCUT2D eigenvalue weighted by Gasteiger charge is 2.39. The predicted molar refractivity (Wildman–Crippen MR) is 57.7 cm³/mol. The highest BCUT2D eigenvalue weighted by molar-refractivity contribution is 4.91. The Morgan fingerprint density at radius 3 is 2.23 bits per heavy atom. The Labute approximate surface area is 83.1 Å². The van der Waals surface area contributed by atoms with Crippen molar-refractivity contribution in [2.45, 2.75) is 65.2 Å². The zero-order valence-corrected chi connectivity index (χ0v) is 9.31. The lowest BCUT2D eigenvalue weighted by atomic mass is 9.62. The number of rotatable bonds is 1. The molecule has 2 aliphatic rings. The maximum absolute atomic E-state index is 2.42. The summed E-state index contributed by atoms with van der Waals surface area (Å²) in [5, 5.41) is 0. The van der Waals surface area contributed by atoms with E-state index in [2.05, 4.69) is 13.8 Å². The minimum Gasteiger partial charge on any atom is -0.0625 e. The van der Waals surface area contributed by atoms with Crippen molar-refractivity contribution in [3.8, 4) is 0 Å². The Kier molecular flexibility index (Phi) is 2.67. The van der Waals surface area contributed by atoms with E-state index in [0.29, 0.717) is 0 Å². The monoisotopic (exact) mass is 180 g/mol. The van der Waals surface area contributed by atoms with Crippen molar-refractivity contribution >= 4 is 0 Å². The highest BCUT2D eigenvalue weighted by atomic mass is 14.4. The van der Waals surface area contributed by atoms with Gasteiger partial charge in [0.15, 0.2) is 0 Å². The van der Waals surface area contributed by atoms with Gasteiger partial charge in [0, 0.05) is 0 Å². The molecule has 0 radical (unpaired) electrons. The Hall–Kier alpha value is 0. The van der Waals surface area contributed by atoms with E-state index in [4.69, 9.17) is 0 Å². The van der Waals surface area contributed by atoms with Crippen LogP contribution in [0.3, 0.4) is 0 Å². The predicted octanol–water partition coefficient (Wildman–Crippen LogP) is 4.39. The quantitative estimate of drug-likeness (QED) is 0.561. The van der Waals surface area contributed by atoms with E-state index in [0.717, 1.165) is 17.3 Å². The van der Waals surface area contributed by atoms with Crippen LogP contribution in [0.2, 0.25) is 0 Å². The lowest BCUT2D eigenvalue weighted by Crippen LogP contribution is -2.31. The zero-order chi connectivity index (χ0) is 9.31. The lowest BCUT2D eigenvalue weighted by Gasteiger charge is -2.44. The fourth-order valence-electron chi connectivity index (χ4n) is 3.37.